The number of benzene rings is 10. The molecular formula is C59H35NO2S2. The molecule has 1 atom stereocenters. The van der Waals surface area contributed by atoms with Gasteiger partial charge in [-0.25, -0.2) is 0 Å². The number of nitrogens with zero attached hydrogens (tertiary/aromatic N) is 1. The summed E-state index contributed by atoms with van der Waals surface area (Å²) in [5, 5.41) is 12.4. The van der Waals surface area contributed by atoms with Crippen molar-refractivity contribution in [2.24, 2.45) is 0 Å². The second-order valence-corrected chi connectivity index (χ2v) is 18.9. The lowest BCUT2D eigenvalue weighted by molar-refractivity contribution is 0.668. The number of hydrogen-bond donors (Lipinski definition) is 0. The van der Waals surface area contributed by atoms with Crippen molar-refractivity contribution in [2.75, 3.05) is 4.90 Å². The van der Waals surface area contributed by atoms with Crippen LogP contribution < -0.4 is 4.90 Å². The third-order valence-corrected chi connectivity index (χ3v) is 15.6. The highest BCUT2D eigenvalue weighted by Crippen LogP contribution is 2.47. The minimum atomic E-state index is 0.0548. The van der Waals surface area contributed by atoms with E-state index in [1.807, 2.05) is 40.9 Å². The van der Waals surface area contributed by atoms with Crippen LogP contribution >= 0.6 is 22.7 Å². The number of rotatable bonds is 6. The molecular weight excluding hydrogens is 819 g/mol. The predicted octanol–water partition coefficient (Wildman–Crippen LogP) is 18.0. The van der Waals surface area contributed by atoms with Crippen molar-refractivity contribution in [3.63, 3.8) is 0 Å². The van der Waals surface area contributed by atoms with Gasteiger partial charge in [0.15, 0.2) is 0 Å². The maximum atomic E-state index is 6.39. The summed E-state index contributed by atoms with van der Waals surface area (Å²) in [6.07, 6.45) is 0. The fourth-order valence-corrected chi connectivity index (χ4v) is 12.8. The average molecular weight is 854 g/mol. The first-order chi connectivity index (χ1) is 31.7. The quantitative estimate of drug-likeness (QED) is 0.156. The lowest BCUT2D eigenvalue weighted by atomic mass is 9.84. The second-order valence-electron chi connectivity index (χ2n) is 16.8. The summed E-state index contributed by atoms with van der Waals surface area (Å²) >= 11 is 3.80. The first-order valence-corrected chi connectivity index (χ1v) is 23.3. The number of furan rings is 2. The molecule has 14 rings (SSSR count). The normalized spacial score (nSPS) is 12.6. The van der Waals surface area contributed by atoms with Crippen molar-refractivity contribution < 1.29 is 8.83 Å². The van der Waals surface area contributed by atoms with Crippen molar-refractivity contribution in [1.29, 1.82) is 0 Å². The first-order valence-electron chi connectivity index (χ1n) is 21.7. The van der Waals surface area contributed by atoms with E-state index in [9.17, 15) is 0 Å². The Labute approximate surface area is 375 Å². The zero-order valence-electron chi connectivity index (χ0n) is 34.3. The fourth-order valence-electron chi connectivity index (χ4n) is 10.2. The largest absolute Gasteiger partial charge is 0.456 e. The number of fused-ring (bicyclic) bond motifs is 15. The van der Waals surface area contributed by atoms with Gasteiger partial charge in [0.2, 0.25) is 0 Å². The Balaban J connectivity index is 0.884. The van der Waals surface area contributed by atoms with Crippen LogP contribution in [0.25, 0.3) is 95.0 Å². The summed E-state index contributed by atoms with van der Waals surface area (Å²) < 4.78 is 18.0. The van der Waals surface area contributed by atoms with Gasteiger partial charge in [-0.3, -0.25) is 0 Å². The molecule has 64 heavy (non-hydrogen) atoms. The monoisotopic (exact) mass is 853 g/mol. The molecule has 0 saturated carbocycles. The highest BCUT2D eigenvalue weighted by atomic mass is 32.1. The Morgan fingerprint density at radius 3 is 1.38 bits per heavy atom. The van der Waals surface area contributed by atoms with E-state index < -0.39 is 0 Å². The van der Waals surface area contributed by atoms with Gasteiger partial charge in [-0.2, -0.15) is 0 Å². The number of thiophene rings is 2. The second kappa shape index (κ2) is 13.9. The Morgan fingerprint density at radius 2 is 0.734 bits per heavy atom. The third-order valence-electron chi connectivity index (χ3n) is 13.2. The summed E-state index contributed by atoms with van der Waals surface area (Å²) in [4.78, 5) is 2.34. The maximum Gasteiger partial charge on any atom is 0.137 e. The van der Waals surface area contributed by atoms with Crippen molar-refractivity contribution in [2.45, 2.75) is 5.92 Å². The number of anilines is 3. The van der Waals surface area contributed by atoms with Crippen LogP contribution in [0.15, 0.2) is 215 Å². The lowest BCUT2D eigenvalue weighted by Crippen LogP contribution is -2.09. The van der Waals surface area contributed by atoms with E-state index in [2.05, 4.69) is 193 Å². The minimum absolute atomic E-state index is 0.0548. The van der Waals surface area contributed by atoms with Gasteiger partial charge in [-0.1, -0.05) is 140 Å². The molecule has 0 radical (unpaired) electrons. The SMILES string of the molecule is c1ccc(C(c2ccc3c(c2)oc2ccccc23)c2ccc3c(c2)sc2c3ccc3c2ccc2c4ccc(N(c5ccccc5)c5ccc6c(c5)oc5ccccc56)cc4sc23)cc1. The molecule has 0 N–H and O–H groups in total. The molecule has 0 aliphatic carbocycles. The van der Waals surface area contributed by atoms with E-state index in [0.717, 1.165) is 60.9 Å². The Hall–Kier alpha value is -7.70. The smallest absolute Gasteiger partial charge is 0.137 e. The fraction of sp³-hybridized carbons (Fsp3) is 0.0169. The van der Waals surface area contributed by atoms with Crippen LogP contribution in [-0.4, -0.2) is 0 Å². The Bertz CT molecular complexity index is 3890. The van der Waals surface area contributed by atoms with Gasteiger partial charge in [0.05, 0.1) is 0 Å². The van der Waals surface area contributed by atoms with E-state index in [0.29, 0.717) is 0 Å². The van der Waals surface area contributed by atoms with Gasteiger partial charge in [-0.15, -0.1) is 22.7 Å². The summed E-state index contributed by atoms with van der Waals surface area (Å²) in [6.45, 7) is 0. The van der Waals surface area contributed by atoms with Gasteiger partial charge in [-0.05, 0) is 77.4 Å². The van der Waals surface area contributed by atoms with E-state index in [1.165, 1.54) is 67.8 Å². The molecule has 4 aromatic heterocycles. The maximum absolute atomic E-state index is 6.39. The van der Waals surface area contributed by atoms with Crippen LogP contribution in [0.2, 0.25) is 0 Å². The lowest BCUT2D eigenvalue weighted by Gasteiger charge is -2.25. The van der Waals surface area contributed by atoms with Crippen molar-refractivity contribution >= 4 is 135 Å². The molecule has 14 aromatic rings. The highest BCUT2D eigenvalue weighted by Gasteiger charge is 2.22. The standard InChI is InChI=1S/C59H35NO2S2/c1-3-11-35(12-4-1)57(36-19-23-43-41-15-7-9-17-51(41)61-53(43)31-36)37-20-24-45-47-27-29-50-49(58(47)63-55(45)32-37)30-28-48-46-26-22-40(34-56(46)64-59(48)50)60(38-13-5-2-6-14-38)39-21-25-44-42-16-8-10-18-52(42)62-54(44)33-39/h1-34,57H. The molecule has 0 fully saturated rings. The van der Waals surface area contributed by atoms with Gasteiger partial charge >= 0.3 is 0 Å². The Morgan fingerprint density at radius 1 is 0.297 bits per heavy atom. The molecule has 0 bridgehead atoms. The van der Waals surface area contributed by atoms with E-state index in [4.69, 9.17) is 8.83 Å². The molecule has 1 unspecified atom stereocenters. The van der Waals surface area contributed by atoms with E-state index in [-0.39, 0.29) is 5.92 Å². The summed E-state index contributed by atoms with van der Waals surface area (Å²) in [6, 6.07) is 74.8. The molecule has 4 heterocycles. The third kappa shape index (κ3) is 5.45. The van der Waals surface area contributed by atoms with E-state index in [1.54, 1.807) is 0 Å². The van der Waals surface area contributed by atoms with Crippen LogP contribution in [0.5, 0.6) is 0 Å². The summed E-state index contributed by atoms with van der Waals surface area (Å²) in [5.41, 5.74) is 10.7. The molecule has 300 valence electrons. The van der Waals surface area contributed by atoms with Crippen molar-refractivity contribution in [3.8, 4) is 0 Å². The molecule has 0 amide bonds. The molecule has 5 heteroatoms. The van der Waals surface area contributed by atoms with Crippen LogP contribution in [0, 0.1) is 0 Å². The Kier molecular flexibility index (Phi) is 7.79. The first kappa shape index (κ1) is 35.9. The topological polar surface area (TPSA) is 29.5 Å². The highest BCUT2D eigenvalue weighted by molar-refractivity contribution is 7.28. The molecule has 0 spiro atoms. The van der Waals surface area contributed by atoms with Gasteiger partial charge in [0.1, 0.15) is 22.3 Å². The van der Waals surface area contributed by atoms with Crippen LogP contribution in [-0.2, 0) is 0 Å². The number of hydrogen-bond acceptors (Lipinski definition) is 5. The van der Waals surface area contributed by atoms with Crippen LogP contribution in [0.3, 0.4) is 0 Å². The molecule has 0 aliphatic heterocycles. The molecule has 0 saturated heterocycles. The molecule has 0 aliphatic rings. The van der Waals surface area contributed by atoms with Crippen LogP contribution in [0.4, 0.5) is 17.1 Å². The zero-order chi connectivity index (χ0) is 41.9. The van der Waals surface area contributed by atoms with E-state index >= 15 is 0 Å². The predicted molar refractivity (Wildman–Crippen MR) is 273 cm³/mol. The van der Waals surface area contributed by atoms with Gasteiger partial charge in [0.25, 0.3) is 0 Å². The van der Waals surface area contributed by atoms with Crippen LogP contribution in [0.1, 0.15) is 22.6 Å². The van der Waals surface area contributed by atoms with Gasteiger partial charge < -0.3 is 13.7 Å². The molecule has 10 aromatic carbocycles. The summed E-state index contributed by atoms with van der Waals surface area (Å²) in [7, 11) is 0. The van der Waals surface area contributed by atoms with Gasteiger partial charge in [0, 0.05) is 102 Å². The molecule has 3 nitrogen and oxygen atoms in total. The minimum Gasteiger partial charge on any atom is -0.456 e. The van der Waals surface area contributed by atoms with Crippen molar-refractivity contribution in [1.82, 2.24) is 0 Å². The average Bonchev–Trinajstić information content (AvgIpc) is 4.12. The van der Waals surface area contributed by atoms with Crippen molar-refractivity contribution in [3.05, 3.63) is 223 Å². The number of para-hydroxylation sites is 3. The summed E-state index contributed by atoms with van der Waals surface area (Å²) in [5.74, 6) is 0.0548. The zero-order valence-corrected chi connectivity index (χ0v) is 35.9.